The number of carbonyl (C=O) groups is 1. The molecule has 8 heteroatoms. The molecule has 0 aliphatic carbocycles. The highest BCUT2D eigenvalue weighted by Gasteiger charge is 2.14. The van der Waals surface area contributed by atoms with Gasteiger partial charge in [-0.15, -0.1) is 12.4 Å². The van der Waals surface area contributed by atoms with Gasteiger partial charge in [0, 0.05) is 28.9 Å². The molecule has 0 radical (unpaired) electrons. The molecule has 0 unspecified atom stereocenters. The maximum atomic E-state index is 12.7. The number of benzene rings is 2. The highest BCUT2D eigenvalue weighted by Crippen LogP contribution is 2.25. The number of hydrogen-bond acceptors (Lipinski definition) is 4. The molecular weight excluding hydrogens is 447 g/mol. The van der Waals surface area contributed by atoms with Crippen LogP contribution in [0.15, 0.2) is 48.8 Å². The normalized spacial score (nSPS) is 12.8. The Hall–Kier alpha value is -2.54. The van der Waals surface area contributed by atoms with Crippen molar-refractivity contribution in [1.82, 2.24) is 15.1 Å². The van der Waals surface area contributed by atoms with Crippen LogP contribution in [0.1, 0.15) is 40.9 Å². The van der Waals surface area contributed by atoms with Gasteiger partial charge in [0.15, 0.2) is 0 Å². The summed E-state index contributed by atoms with van der Waals surface area (Å²) in [5.74, 6) is 1.09. The first-order valence-corrected chi connectivity index (χ1v) is 10.9. The number of anilines is 1. The summed E-state index contributed by atoms with van der Waals surface area (Å²) in [5, 5.41) is 11.3. The monoisotopic (exact) mass is 474 g/mol. The maximum Gasteiger partial charge on any atom is 0.255 e. The van der Waals surface area contributed by atoms with Crippen LogP contribution in [0.4, 0.5) is 5.69 Å². The average molecular weight is 475 g/mol. The van der Waals surface area contributed by atoms with Gasteiger partial charge < -0.3 is 15.4 Å². The van der Waals surface area contributed by atoms with E-state index in [0.717, 1.165) is 30.8 Å². The molecule has 0 atom stereocenters. The van der Waals surface area contributed by atoms with Crippen LogP contribution >= 0.6 is 24.0 Å². The Morgan fingerprint density at radius 3 is 2.91 bits per heavy atom. The Kier molecular flexibility index (Phi) is 8.18. The van der Waals surface area contributed by atoms with Gasteiger partial charge in [-0.1, -0.05) is 31.5 Å². The molecule has 2 heterocycles. The standard InChI is InChI=1S/C24H27ClN4O2.ClH/c1-16(2)15-31-23-6-5-21(25)10-20(23)13-29-14-22(12-27-29)28-24(30)18-3-4-19-11-26-8-7-17(19)9-18;/h3-6,9-10,12,14,16,26H,7-8,11,13,15H2,1-2H3,(H,28,30);1H. The quantitative estimate of drug-likeness (QED) is 0.508. The van der Waals surface area contributed by atoms with Gasteiger partial charge in [-0.3, -0.25) is 9.48 Å². The second-order valence-electron chi connectivity index (χ2n) is 8.25. The van der Waals surface area contributed by atoms with E-state index in [2.05, 4.69) is 29.6 Å². The molecule has 0 saturated carbocycles. The van der Waals surface area contributed by atoms with Gasteiger partial charge in [-0.25, -0.2) is 0 Å². The van der Waals surface area contributed by atoms with Gasteiger partial charge >= 0.3 is 0 Å². The summed E-state index contributed by atoms with van der Waals surface area (Å²) in [6, 6.07) is 11.5. The number of hydrogen-bond donors (Lipinski definition) is 2. The van der Waals surface area contributed by atoms with Crippen molar-refractivity contribution < 1.29 is 9.53 Å². The first-order chi connectivity index (χ1) is 15.0. The van der Waals surface area contributed by atoms with Crippen molar-refractivity contribution >= 4 is 35.6 Å². The predicted octanol–water partition coefficient (Wildman–Crippen LogP) is 4.94. The van der Waals surface area contributed by atoms with Crippen molar-refractivity contribution in [3.05, 3.63) is 76.1 Å². The summed E-state index contributed by atoms with van der Waals surface area (Å²) >= 11 is 6.19. The van der Waals surface area contributed by atoms with Crippen molar-refractivity contribution in [2.24, 2.45) is 5.92 Å². The summed E-state index contributed by atoms with van der Waals surface area (Å²) in [5.41, 5.74) is 4.74. The fourth-order valence-electron chi connectivity index (χ4n) is 3.58. The molecule has 3 aromatic rings. The molecule has 0 saturated heterocycles. The van der Waals surface area contributed by atoms with E-state index >= 15 is 0 Å². The fraction of sp³-hybridized carbons (Fsp3) is 0.333. The van der Waals surface area contributed by atoms with E-state index in [1.807, 2.05) is 42.6 Å². The first kappa shape index (κ1) is 24.1. The second kappa shape index (κ2) is 10.9. The molecule has 1 aliphatic rings. The summed E-state index contributed by atoms with van der Waals surface area (Å²) in [7, 11) is 0. The molecule has 0 bridgehead atoms. The molecule has 1 amide bonds. The zero-order chi connectivity index (χ0) is 21.8. The molecule has 0 spiro atoms. The van der Waals surface area contributed by atoms with Crippen molar-refractivity contribution in [1.29, 1.82) is 0 Å². The minimum absolute atomic E-state index is 0. The molecule has 0 fully saturated rings. The van der Waals surface area contributed by atoms with E-state index in [1.54, 1.807) is 10.9 Å². The van der Waals surface area contributed by atoms with Crippen LogP contribution in [0.5, 0.6) is 5.75 Å². The Balaban J connectivity index is 0.00000289. The van der Waals surface area contributed by atoms with Crippen molar-refractivity contribution in [2.45, 2.75) is 33.4 Å². The zero-order valence-electron chi connectivity index (χ0n) is 18.2. The number of aromatic nitrogens is 2. The minimum Gasteiger partial charge on any atom is -0.493 e. The van der Waals surface area contributed by atoms with Crippen LogP contribution in [0.3, 0.4) is 0 Å². The Morgan fingerprint density at radius 2 is 2.09 bits per heavy atom. The predicted molar refractivity (Wildman–Crippen MR) is 130 cm³/mol. The van der Waals surface area contributed by atoms with E-state index in [9.17, 15) is 4.79 Å². The summed E-state index contributed by atoms with van der Waals surface area (Å²) in [6.45, 7) is 7.14. The van der Waals surface area contributed by atoms with E-state index in [-0.39, 0.29) is 18.3 Å². The number of ether oxygens (including phenoxy) is 1. The molecule has 4 rings (SSSR count). The number of halogens is 2. The van der Waals surface area contributed by atoms with Crippen LogP contribution < -0.4 is 15.4 Å². The third-order valence-corrected chi connectivity index (χ3v) is 5.41. The van der Waals surface area contributed by atoms with Crippen molar-refractivity contribution in [3.63, 3.8) is 0 Å². The summed E-state index contributed by atoms with van der Waals surface area (Å²) in [6.07, 6.45) is 4.40. The first-order valence-electron chi connectivity index (χ1n) is 10.6. The minimum atomic E-state index is -0.135. The third-order valence-electron chi connectivity index (χ3n) is 5.17. The Morgan fingerprint density at radius 1 is 1.25 bits per heavy atom. The zero-order valence-corrected chi connectivity index (χ0v) is 19.8. The molecular formula is C24H28Cl2N4O2. The van der Waals surface area contributed by atoms with Gasteiger partial charge in [0.05, 0.1) is 25.0 Å². The number of carbonyl (C=O) groups excluding carboxylic acids is 1. The van der Waals surface area contributed by atoms with Crippen LogP contribution in [-0.2, 0) is 19.5 Å². The molecule has 6 nitrogen and oxygen atoms in total. The lowest BCUT2D eigenvalue weighted by Gasteiger charge is -2.17. The average Bonchev–Trinajstić information content (AvgIpc) is 3.19. The van der Waals surface area contributed by atoms with E-state index in [1.165, 1.54) is 11.1 Å². The SMILES string of the molecule is CC(C)COc1ccc(Cl)cc1Cn1cc(NC(=O)c2ccc3c(c2)CCNC3)cn1.Cl. The summed E-state index contributed by atoms with van der Waals surface area (Å²) in [4.78, 5) is 12.7. The smallest absolute Gasteiger partial charge is 0.255 e. The number of nitrogens with one attached hydrogen (secondary N) is 2. The van der Waals surface area contributed by atoms with Crippen LogP contribution in [0.2, 0.25) is 5.02 Å². The van der Waals surface area contributed by atoms with E-state index < -0.39 is 0 Å². The highest BCUT2D eigenvalue weighted by atomic mass is 35.5. The lowest BCUT2D eigenvalue weighted by Crippen LogP contribution is -2.24. The van der Waals surface area contributed by atoms with Crippen LogP contribution in [-0.4, -0.2) is 28.8 Å². The van der Waals surface area contributed by atoms with E-state index in [4.69, 9.17) is 16.3 Å². The molecule has 1 aromatic heterocycles. The number of rotatable bonds is 7. The molecule has 32 heavy (non-hydrogen) atoms. The maximum absolute atomic E-state index is 12.7. The van der Waals surface area contributed by atoms with Gasteiger partial charge in [-0.2, -0.15) is 5.10 Å². The number of fused-ring (bicyclic) bond motifs is 1. The number of nitrogens with zero attached hydrogens (tertiary/aromatic N) is 2. The van der Waals surface area contributed by atoms with E-state index in [0.29, 0.717) is 35.3 Å². The largest absolute Gasteiger partial charge is 0.493 e. The second-order valence-corrected chi connectivity index (χ2v) is 8.68. The lowest BCUT2D eigenvalue weighted by atomic mass is 9.98. The van der Waals surface area contributed by atoms with Gasteiger partial charge in [0.2, 0.25) is 0 Å². The Bertz CT molecular complexity index is 1080. The van der Waals surface area contributed by atoms with Crippen molar-refractivity contribution in [2.75, 3.05) is 18.5 Å². The molecule has 2 N–H and O–H groups in total. The van der Waals surface area contributed by atoms with Gasteiger partial charge in [0.25, 0.3) is 5.91 Å². The third kappa shape index (κ3) is 6.03. The van der Waals surface area contributed by atoms with Gasteiger partial charge in [-0.05, 0) is 60.3 Å². The van der Waals surface area contributed by atoms with Crippen LogP contribution in [0.25, 0.3) is 0 Å². The highest BCUT2D eigenvalue weighted by molar-refractivity contribution is 6.30. The molecule has 170 valence electrons. The summed E-state index contributed by atoms with van der Waals surface area (Å²) < 4.78 is 7.69. The lowest BCUT2D eigenvalue weighted by molar-refractivity contribution is 0.102. The van der Waals surface area contributed by atoms with Gasteiger partial charge in [0.1, 0.15) is 5.75 Å². The fourth-order valence-corrected chi connectivity index (χ4v) is 3.77. The number of amides is 1. The topological polar surface area (TPSA) is 68.2 Å². The Labute approximate surface area is 199 Å². The van der Waals surface area contributed by atoms with Crippen LogP contribution in [0, 0.1) is 5.92 Å². The molecule has 2 aromatic carbocycles. The molecule has 1 aliphatic heterocycles. The van der Waals surface area contributed by atoms with Crippen molar-refractivity contribution in [3.8, 4) is 5.75 Å².